The predicted octanol–water partition coefficient (Wildman–Crippen LogP) is 2.97. The van der Waals surface area contributed by atoms with Gasteiger partial charge in [-0.1, -0.05) is 6.07 Å². The number of nitrogens with zero attached hydrogens (tertiary/aromatic N) is 4. The Morgan fingerprint density at radius 2 is 2.00 bits per heavy atom. The molecule has 0 atom stereocenters. The van der Waals surface area contributed by atoms with Crippen LogP contribution in [0.3, 0.4) is 0 Å². The number of hydrogen-bond donors (Lipinski definition) is 1. The van der Waals surface area contributed by atoms with Gasteiger partial charge in [0.1, 0.15) is 11.5 Å². The smallest absolute Gasteiger partial charge is 0.253 e. The maximum absolute atomic E-state index is 12.8. The van der Waals surface area contributed by atoms with E-state index in [0.717, 1.165) is 28.3 Å². The summed E-state index contributed by atoms with van der Waals surface area (Å²) in [5.41, 5.74) is 4.26. The fraction of sp³-hybridized carbons (Fsp3) is 0.150. The maximum atomic E-state index is 12.8. The molecule has 4 aromatic rings. The highest BCUT2D eigenvalue weighted by Gasteiger charge is 2.17. The molecule has 1 N–H and O–H groups in total. The van der Waals surface area contributed by atoms with Gasteiger partial charge in [0.15, 0.2) is 0 Å². The Morgan fingerprint density at radius 1 is 1.19 bits per heavy atom. The first-order chi connectivity index (χ1) is 12.6. The molecule has 4 rings (SSSR count). The topological polar surface area (TPSA) is 64.2 Å². The number of imidazole rings is 1. The van der Waals surface area contributed by atoms with E-state index in [4.69, 9.17) is 0 Å². The van der Waals surface area contributed by atoms with Crippen molar-refractivity contribution in [2.24, 2.45) is 7.05 Å². The van der Waals surface area contributed by atoms with Crippen molar-refractivity contribution in [3.63, 3.8) is 0 Å². The highest BCUT2D eigenvalue weighted by Crippen LogP contribution is 2.25. The summed E-state index contributed by atoms with van der Waals surface area (Å²) in [6.45, 7) is 2.42. The largest absolute Gasteiger partial charge is 0.348 e. The minimum absolute atomic E-state index is 0.107. The molecular formula is C20H19N5O. The third kappa shape index (κ3) is 2.86. The van der Waals surface area contributed by atoms with Crippen LogP contribution >= 0.6 is 0 Å². The number of aromatic nitrogens is 4. The lowest BCUT2D eigenvalue weighted by Crippen LogP contribution is -2.22. The molecule has 0 spiro atoms. The number of carbonyl (C=O) groups excluding carboxylic acids is 1. The monoisotopic (exact) mass is 345 g/mol. The van der Waals surface area contributed by atoms with Crippen LogP contribution in [-0.2, 0) is 13.6 Å². The van der Waals surface area contributed by atoms with Gasteiger partial charge >= 0.3 is 0 Å². The summed E-state index contributed by atoms with van der Waals surface area (Å²) in [5, 5.41) is 2.98. The van der Waals surface area contributed by atoms with Crippen molar-refractivity contribution >= 4 is 11.4 Å². The van der Waals surface area contributed by atoms with Crippen molar-refractivity contribution in [2.75, 3.05) is 0 Å². The molecule has 4 heterocycles. The lowest BCUT2D eigenvalue weighted by Gasteiger charge is -2.04. The second-order valence-corrected chi connectivity index (χ2v) is 6.22. The van der Waals surface area contributed by atoms with E-state index >= 15 is 0 Å². The number of nitrogens with one attached hydrogen (secondary N) is 1. The van der Waals surface area contributed by atoms with E-state index < -0.39 is 0 Å². The molecule has 0 aliphatic heterocycles. The molecule has 130 valence electrons. The molecule has 26 heavy (non-hydrogen) atoms. The van der Waals surface area contributed by atoms with Crippen molar-refractivity contribution in [1.82, 2.24) is 24.3 Å². The Bertz CT molecular complexity index is 1060. The summed E-state index contributed by atoms with van der Waals surface area (Å²) < 4.78 is 3.98. The molecule has 4 aromatic heterocycles. The van der Waals surface area contributed by atoms with Gasteiger partial charge in [0.2, 0.25) is 0 Å². The molecule has 0 aromatic carbocycles. The Labute approximate surface area is 151 Å². The zero-order valence-corrected chi connectivity index (χ0v) is 14.7. The van der Waals surface area contributed by atoms with Crippen LogP contribution in [0.15, 0.2) is 61.2 Å². The lowest BCUT2D eigenvalue weighted by molar-refractivity contribution is 0.0952. The van der Waals surface area contributed by atoms with E-state index in [1.54, 1.807) is 12.4 Å². The fourth-order valence-electron chi connectivity index (χ4n) is 2.99. The van der Waals surface area contributed by atoms with Crippen LogP contribution in [0.2, 0.25) is 0 Å². The van der Waals surface area contributed by atoms with Gasteiger partial charge in [-0.3, -0.25) is 9.78 Å². The number of pyridine rings is 2. The SMILES string of the molecule is Cc1nc(-c2cc(C(=O)NCc3ccncc3)c3ccccn23)cn1C. The Morgan fingerprint density at radius 3 is 2.73 bits per heavy atom. The summed E-state index contributed by atoms with van der Waals surface area (Å²) in [5.74, 6) is 0.819. The zero-order chi connectivity index (χ0) is 18.1. The van der Waals surface area contributed by atoms with Crippen molar-refractivity contribution in [3.05, 3.63) is 78.1 Å². The van der Waals surface area contributed by atoms with Crippen molar-refractivity contribution < 1.29 is 4.79 Å². The normalized spacial score (nSPS) is 11.0. The van der Waals surface area contributed by atoms with Gasteiger partial charge in [0, 0.05) is 38.4 Å². The average molecular weight is 345 g/mol. The van der Waals surface area contributed by atoms with E-state index in [9.17, 15) is 4.79 Å². The number of fused-ring (bicyclic) bond motifs is 1. The second-order valence-electron chi connectivity index (χ2n) is 6.22. The maximum Gasteiger partial charge on any atom is 0.253 e. The quantitative estimate of drug-likeness (QED) is 0.618. The van der Waals surface area contributed by atoms with Gasteiger partial charge in [-0.2, -0.15) is 0 Å². The molecule has 0 fully saturated rings. The van der Waals surface area contributed by atoms with Crippen LogP contribution in [0.4, 0.5) is 0 Å². The van der Waals surface area contributed by atoms with Gasteiger partial charge in [0.25, 0.3) is 5.91 Å². The molecule has 0 saturated heterocycles. The molecule has 0 bridgehead atoms. The minimum atomic E-state index is -0.107. The zero-order valence-electron chi connectivity index (χ0n) is 14.7. The third-order valence-corrected chi connectivity index (χ3v) is 4.49. The highest BCUT2D eigenvalue weighted by atomic mass is 16.1. The van der Waals surface area contributed by atoms with Gasteiger partial charge < -0.3 is 14.3 Å². The molecule has 0 radical (unpaired) electrons. The Balaban J connectivity index is 1.70. The van der Waals surface area contributed by atoms with Crippen LogP contribution in [0, 0.1) is 6.92 Å². The first kappa shape index (κ1) is 16.1. The van der Waals surface area contributed by atoms with Crippen LogP contribution in [0.5, 0.6) is 0 Å². The van der Waals surface area contributed by atoms with Gasteiger partial charge in [-0.25, -0.2) is 4.98 Å². The van der Waals surface area contributed by atoms with E-state index in [0.29, 0.717) is 12.1 Å². The first-order valence-electron chi connectivity index (χ1n) is 8.41. The van der Waals surface area contributed by atoms with E-state index in [2.05, 4.69) is 15.3 Å². The van der Waals surface area contributed by atoms with Crippen molar-refractivity contribution in [1.29, 1.82) is 0 Å². The number of hydrogen-bond acceptors (Lipinski definition) is 3. The average Bonchev–Trinajstić information content (AvgIpc) is 3.21. The Kier molecular flexibility index (Phi) is 4.01. The standard InChI is InChI=1S/C20H19N5O/c1-14-23-17(13-24(14)2)19-11-16(18-5-3-4-10-25(18)19)20(26)22-12-15-6-8-21-9-7-15/h3-11,13H,12H2,1-2H3,(H,22,26). The number of amides is 1. The van der Waals surface area contributed by atoms with E-state index in [1.807, 2.05) is 71.7 Å². The van der Waals surface area contributed by atoms with E-state index in [-0.39, 0.29) is 5.91 Å². The van der Waals surface area contributed by atoms with Crippen LogP contribution < -0.4 is 5.32 Å². The third-order valence-electron chi connectivity index (χ3n) is 4.49. The molecule has 1 amide bonds. The van der Waals surface area contributed by atoms with Gasteiger partial charge in [0.05, 0.1) is 16.8 Å². The van der Waals surface area contributed by atoms with Crippen molar-refractivity contribution in [3.8, 4) is 11.4 Å². The number of carbonyl (C=O) groups is 1. The molecule has 6 nitrogen and oxygen atoms in total. The lowest BCUT2D eigenvalue weighted by atomic mass is 10.2. The summed E-state index contributed by atoms with van der Waals surface area (Å²) in [6, 6.07) is 11.5. The predicted molar refractivity (Wildman–Crippen MR) is 99.7 cm³/mol. The van der Waals surface area contributed by atoms with Crippen LogP contribution in [0.1, 0.15) is 21.7 Å². The van der Waals surface area contributed by atoms with Gasteiger partial charge in [-0.15, -0.1) is 0 Å². The molecule has 0 saturated carbocycles. The number of aryl methyl sites for hydroxylation is 2. The molecule has 6 heteroatoms. The molecule has 0 aliphatic rings. The second kappa shape index (κ2) is 6.48. The minimum Gasteiger partial charge on any atom is -0.348 e. The Hall–Kier alpha value is -3.41. The number of rotatable bonds is 4. The van der Waals surface area contributed by atoms with Crippen LogP contribution in [-0.4, -0.2) is 24.8 Å². The van der Waals surface area contributed by atoms with Crippen LogP contribution in [0.25, 0.3) is 16.9 Å². The molecule has 0 unspecified atom stereocenters. The summed E-state index contributed by atoms with van der Waals surface area (Å²) in [6.07, 6.45) is 7.37. The summed E-state index contributed by atoms with van der Waals surface area (Å²) in [4.78, 5) is 21.4. The highest BCUT2D eigenvalue weighted by molar-refractivity contribution is 6.02. The van der Waals surface area contributed by atoms with E-state index in [1.165, 1.54) is 0 Å². The molecule has 0 aliphatic carbocycles. The summed E-state index contributed by atoms with van der Waals surface area (Å²) >= 11 is 0. The molecular weight excluding hydrogens is 326 g/mol. The van der Waals surface area contributed by atoms with Gasteiger partial charge in [-0.05, 0) is 42.8 Å². The fourth-order valence-corrected chi connectivity index (χ4v) is 2.99. The van der Waals surface area contributed by atoms with Crippen molar-refractivity contribution in [2.45, 2.75) is 13.5 Å². The first-order valence-corrected chi connectivity index (χ1v) is 8.41. The summed E-state index contributed by atoms with van der Waals surface area (Å²) in [7, 11) is 1.96.